The van der Waals surface area contributed by atoms with E-state index in [2.05, 4.69) is 14.7 Å². The monoisotopic (exact) mass is 329 g/mol. The van der Waals surface area contributed by atoms with E-state index in [1.165, 1.54) is 18.7 Å². The van der Waals surface area contributed by atoms with Crippen LogP contribution in [0.1, 0.15) is 19.7 Å². The third-order valence-corrected chi connectivity index (χ3v) is 5.28. The largest absolute Gasteiger partial charge is 0.336 e. The highest BCUT2D eigenvalue weighted by Crippen LogP contribution is 2.05. The molecule has 0 saturated carbocycles. The van der Waals surface area contributed by atoms with E-state index in [0.717, 1.165) is 4.57 Å². The highest BCUT2D eigenvalue weighted by Gasteiger charge is 2.16. The fourth-order valence-electron chi connectivity index (χ4n) is 1.97. The number of hydrogen-bond acceptors (Lipinski definition) is 5. The summed E-state index contributed by atoms with van der Waals surface area (Å²) in [5, 5.41) is -0.517. The van der Waals surface area contributed by atoms with Crippen LogP contribution < -0.4 is 16.0 Å². The molecule has 0 fully saturated rings. The lowest BCUT2D eigenvalue weighted by atomic mass is 10.4. The van der Waals surface area contributed by atoms with Crippen LogP contribution in [0.5, 0.6) is 0 Å². The Morgan fingerprint density at radius 1 is 1.23 bits per heavy atom. The fraction of sp³-hybridized carbons (Fsp3) is 0.583. The average Bonchev–Trinajstić information content (AvgIpc) is 2.87. The number of imidazole rings is 1. The maximum atomic E-state index is 12.0. The van der Waals surface area contributed by atoms with Crippen molar-refractivity contribution in [1.82, 2.24) is 23.8 Å². The maximum Gasteiger partial charge on any atom is 0.332 e. The quantitative estimate of drug-likeness (QED) is 0.716. The zero-order chi connectivity index (χ0) is 16.7. The van der Waals surface area contributed by atoms with Crippen molar-refractivity contribution < 1.29 is 8.42 Å². The number of hydrogen-bond donors (Lipinski definition) is 2. The first-order valence-corrected chi connectivity index (χ1v) is 8.33. The molecule has 2 heterocycles. The predicted molar refractivity (Wildman–Crippen MR) is 82.3 cm³/mol. The second kappa shape index (κ2) is 5.69. The molecule has 2 N–H and O–H groups in total. The van der Waals surface area contributed by atoms with Gasteiger partial charge in [-0.2, -0.15) is 0 Å². The van der Waals surface area contributed by atoms with E-state index in [0.29, 0.717) is 5.82 Å². The van der Waals surface area contributed by atoms with E-state index in [4.69, 9.17) is 0 Å². The van der Waals surface area contributed by atoms with Crippen LogP contribution in [0.15, 0.2) is 9.59 Å². The molecule has 9 nitrogen and oxygen atoms in total. The first-order valence-electron chi connectivity index (χ1n) is 6.78. The number of H-pyrrole nitrogens is 1. The van der Waals surface area contributed by atoms with Gasteiger partial charge < -0.3 is 4.98 Å². The summed E-state index contributed by atoms with van der Waals surface area (Å²) in [6.07, 6.45) is 0.290. The summed E-state index contributed by atoms with van der Waals surface area (Å²) in [6, 6.07) is 0. The molecule has 122 valence electrons. The second-order valence-corrected chi connectivity index (χ2v) is 7.65. The molecule has 0 bridgehead atoms. The van der Waals surface area contributed by atoms with Gasteiger partial charge in [-0.1, -0.05) is 0 Å². The highest BCUT2D eigenvalue weighted by molar-refractivity contribution is 7.90. The molecule has 0 aliphatic carbocycles. The van der Waals surface area contributed by atoms with Gasteiger partial charge in [0.1, 0.15) is 11.3 Å². The summed E-state index contributed by atoms with van der Waals surface area (Å²) >= 11 is 0. The topological polar surface area (TPSA) is 119 Å². The molecule has 10 heteroatoms. The smallest absolute Gasteiger partial charge is 0.332 e. The maximum absolute atomic E-state index is 12.0. The van der Waals surface area contributed by atoms with Crippen molar-refractivity contribution in [3.63, 3.8) is 0 Å². The van der Waals surface area contributed by atoms with Gasteiger partial charge in [-0.15, -0.1) is 0 Å². The standard InChI is InChI=1S/C12H19N5O4S/c1-7(2)22(20,21)13-6-5-8-14-9-10(15-8)16(3)12(19)17(4)11(9)18/h7,13H,5-6H2,1-4H3,(H,14,15). The van der Waals surface area contributed by atoms with Crippen LogP contribution in [0.25, 0.3) is 11.2 Å². The first kappa shape index (κ1) is 16.4. The molecule has 0 aliphatic heterocycles. The van der Waals surface area contributed by atoms with Gasteiger partial charge in [-0.25, -0.2) is 22.9 Å². The lowest BCUT2D eigenvalue weighted by molar-refractivity contribution is 0.572. The van der Waals surface area contributed by atoms with Crippen LogP contribution in [0.3, 0.4) is 0 Å². The van der Waals surface area contributed by atoms with Crippen molar-refractivity contribution in [3.8, 4) is 0 Å². The number of fused-ring (bicyclic) bond motifs is 1. The molecule has 0 spiro atoms. The van der Waals surface area contributed by atoms with Gasteiger partial charge in [-0.3, -0.25) is 13.9 Å². The van der Waals surface area contributed by atoms with Crippen molar-refractivity contribution in [2.45, 2.75) is 25.5 Å². The van der Waals surface area contributed by atoms with Gasteiger partial charge >= 0.3 is 5.69 Å². The molecular weight excluding hydrogens is 310 g/mol. The minimum absolute atomic E-state index is 0.161. The van der Waals surface area contributed by atoms with Crippen LogP contribution in [-0.4, -0.2) is 39.3 Å². The Bertz CT molecular complexity index is 919. The zero-order valence-electron chi connectivity index (χ0n) is 12.9. The second-order valence-electron chi connectivity index (χ2n) is 5.33. The number of nitrogens with zero attached hydrogens (tertiary/aromatic N) is 3. The molecule has 2 rings (SSSR count). The van der Waals surface area contributed by atoms with Crippen molar-refractivity contribution in [2.75, 3.05) is 6.54 Å². The molecule has 0 saturated heterocycles. The molecule has 0 radical (unpaired) electrons. The van der Waals surface area contributed by atoms with Crippen molar-refractivity contribution in [1.29, 1.82) is 0 Å². The van der Waals surface area contributed by atoms with Gasteiger partial charge in [0.15, 0.2) is 5.65 Å². The first-order chi connectivity index (χ1) is 10.1. The average molecular weight is 329 g/mol. The third-order valence-electron chi connectivity index (χ3n) is 3.43. The lowest BCUT2D eigenvalue weighted by Crippen LogP contribution is -2.36. The Morgan fingerprint density at radius 3 is 2.45 bits per heavy atom. The Morgan fingerprint density at radius 2 is 1.86 bits per heavy atom. The van der Waals surface area contributed by atoms with E-state index >= 15 is 0 Å². The third kappa shape index (κ3) is 2.83. The van der Waals surface area contributed by atoms with Crippen LogP contribution in [0.4, 0.5) is 0 Å². The van der Waals surface area contributed by atoms with Crippen LogP contribution in [0, 0.1) is 0 Å². The van der Waals surface area contributed by atoms with Crippen LogP contribution >= 0.6 is 0 Å². The summed E-state index contributed by atoms with van der Waals surface area (Å²) < 4.78 is 28.0. The van der Waals surface area contributed by atoms with E-state index in [1.807, 2.05) is 0 Å². The van der Waals surface area contributed by atoms with Gasteiger partial charge in [-0.05, 0) is 13.8 Å². The van der Waals surface area contributed by atoms with Gasteiger partial charge in [0.05, 0.1) is 5.25 Å². The van der Waals surface area contributed by atoms with E-state index in [1.54, 1.807) is 13.8 Å². The van der Waals surface area contributed by atoms with Gasteiger partial charge in [0.2, 0.25) is 10.0 Å². The van der Waals surface area contributed by atoms with Crippen molar-refractivity contribution in [3.05, 3.63) is 26.7 Å². The fourth-order valence-corrected chi connectivity index (χ4v) is 2.69. The number of rotatable bonds is 5. The lowest BCUT2D eigenvalue weighted by Gasteiger charge is -2.08. The molecular formula is C12H19N5O4S. The predicted octanol–water partition coefficient (Wildman–Crippen LogP) is -1.17. The van der Waals surface area contributed by atoms with Crippen LogP contribution in [-0.2, 0) is 30.5 Å². The summed E-state index contributed by atoms with van der Waals surface area (Å²) in [5.41, 5.74) is -0.434. The summed E-state index contributed by atoms with van der Waals surface area (Å²) in [7, 11) is -0.427. The number of aromatic amines is 1. The Balaban J connectivity index is 2.29. The summed E-state index contributed by atoms with van der Waals surface area (Å²) in [6.45, 7) is 3.33. The van der Waals surface area contributed by atoms with Crippen LogP contribution in [0.2, 0.25) is 0 Å². The molecule has 0 aromatic carbocycles. The van der Waals surface area contributed by atoms with E-state index in [9.17, 15) is 18.0 Å². The molecule has 0 amide bonds. The number of aromatic nitrogens is 4. The Kier molecular flexibility index (Phi) is 4.25. The number of sulfonamides is 1. The SMILES string of the molecule is CC(C)S(=O)(=O)NCCc1nc2c([nH]1)c(=O)n(C)c(=O)n2C. The zero-order valence-corrected chi connectivity index (χ0v) is 13.7. The van der Waals surface area contributed by atoms with Gasteiger partial charge in [0, 0.05) is 27.1 Å². The highest BCUT2D eigenvalue weighted by atomic mass is 32.2. The Labute approximate surface area is 127 Å². The molecule has 22 heavy (non-hydrogen) atoms. The number of aryl methyl sites for hydroxylation is 1. The summed E-state index contributed by atoms with van der Waals surface area (Å²) in [5.74, 6) is 0.444. The normalized spacial score (nSPS) is 12.4. The molecule has 0 aliphatic rings. The minimum atomic E-state index is -3.34. The molecule has 0 unspecified atom stereocenters. The summed E-state index contributed by atoms with van der Waals surface area (Å²) in [4.78, 5) is 30.9. The minimum Gasteiger partial charge on any atom is -0.336 e. The molecule has 2 aromatic rings. The number of nitrogens with one attached hydrogen (secondary N) is 2. The van der Waals surface area contributed by atoms with Gasteiger partial charge in [0.25, 0.3) is 5.56 Å². The molecule has 0 atom stereocenters. The molecule has 2 aromatic heterocycles. The van der Waals surface area contributed by atoms with Crippen molar-refractivity contribution >= 4 is 21.2 Å². The van der Waals surface area contributed by atoms with Crippen molar-refractivity contribution in [2.24, 2.45) is 14.1 Å². The van der Waals surface area contributed by atoms with E-state index in [-0.39, 0.29) is 24.1 Å². The van der Waals surface area contributed by atoms with E-state index < -0.39 is 26.5 Å². The Hall–Kier alpha value is -1.94.